The van der Waals surface area contributed by atoms with Crippen molar-refractivity contribution < 1.29 is 163 Å². The fourth-order valence-corrected chi connectivity index (χ4v) is 22.8. The number of benzene rings is 3. The Morgan fingerprint density at radius 3 is 1.12 bits per heavy atom. The molecule has 0 N–H and O–H groups in total. The van der Waals surface area contributed by atoms with Gasteiger partial charge in [-0.05, 0) is 202 Å². The van der Waals surface area contributed by atoms with Gasteiger partial charge in [-0.3, -0.25) is 33.2 Å². The number of carbonyl (C=O) groups is 6. The topological polar surface area (TPSA) is 324 Å². The van der Waals surface area contributed by atoms with E-state index in [1.807, 2.05) is 105 Å². The molecule has 5 saturated carbocycles. The fourth-order valence-electron chi connectivity index (χ4n) is 22.8. The van der Waals surface area contributed by atoms with E-state index in [2.05, 4.69) is 0 Å². The minimum Gasteiger partial charge on any atom is -0.540 e. The number of hydrogen-bond acceptors (Lipinski definition) is 24. The first-order valence-electron chi connectivity index (χ1n) is 48.8. The number of methoxy groups -OCH3 is 3. The van der Waals surface area contributed by atoms with Crippen molar-refractivity contribution in [3.05, 3.63) is 71.7 Å². The second-order valence-electron chi connectivity index (χ2n) is 42.6. The number of alkyl halides is 5. The van der Waals surface area contributed by atoms with Gasteiger partial charge in [-0.25, -0.2) is 66.3 Å². The number of esters is 3. The van der Waals surface area contributed by atoms with Crippen LogP contribution in [0, 0.1) is 93.2 Å². The zero-order valence-electron chi connectivity index (χ0n) is 81.1. The zero-order chi connectivity index (χ0) is 96.2. The summed E-state index contributed by atoms with van der Waals surface area (Å²) in [4.78, 5) is 152. The van der Waals surface area contributed by atoms with Crippen molar-refractivity contribution in [1.82, 2.24) is 44.6 Å². The molecule has 2 unspecified atom stereocenters. The third kappa shape index (κ3) is 25.3. The van der Waals surface area contributed by atoms with E-state index in [4.69, 9.17) is 72.5 Å². The average Bonchev–Trinajstić information content (AvgIpc) is 1.72. The van der Waals surface area contributed by atoms with Crippen molar-refractivity contribution in [1.29, 1.82) is 0 Å². The van der Waals surface area contributed by atoms with Crippen LogP contribution in [0.25, 0.3) is 33.1 Å². The van der Waals surface area contributed by atoms with Crippen molar-refractivity contribution in [3.8, 4) is 34.9 Å². The van der Waals surface area contributed by atoms with Crippen LogP contribution in [0.3, 0.4) is 0 Å². The fraction of sp³-hybridized carbons (Fsp3) is 0.680. The number of aromatic nitrogens is 6. The Hall–Kier alpha value is -8.29. The molecule has 5 aliphatic carbocycles. The van der Waals surface area contributed by atoms with E-state index < -0.39 is 156 Å². The van der Waals surface area contributed by atoms with E-state index in [1.165, 1.54) is 21.1 Å². The van der Waals surface area contributed by atoms with Gasteiger partial charge in [0.05, 0.1) is 118 Å². The molecule has 22 atom stereocenters. The third-order valence-electron chi connectivity index (χ3n) is 30.6. The van der Waals surface area contributed by atoms with Crippen molar-refractivity contribution in [3.63, 3.8) is 0 Å². The Morgan fingerprint density at radius 2 is 0.732 bits per heavy atom. The van der Waals surface area contributed by atoms with E-state index in [1.54, 1.807) is 51.7 Å². The van der Waals surface area contributed by atoms with E-state index in [0.29, 0.717) is 128 Å². The molecule has 9 heterocycles. The molecule has 3 aromatic carbocycles. The van der Waals surface area contributed by atoms with Crippen LogP contribution in [0.5, 0.6) is 34.9 Å². The average molecular weight is 2030 g/mol. The molecule has 3 aromatic heterocycles. The zero-order valence-corrected chi connectivity index (χ0v) is 85.3. The second-order valence-corrected chi connectivity index (χ2v) is 42.6. The molecule has 3 saturated heterocycles. The molecule has 8 bridgehead atoms. The van der Waals surface area contributed by atoms with Crippen LogP contribution in [-0.2, 0) is 132 Å². The summed E-state index contributed by atoms with van der Waals surface area (Å²) in [5.74, 6) is -2.51. The van der Waals surface area contributed by atoms with Crippen molar-refractivity contribution in [2.24, 2.45) is 93.2 Å². The minimum absolute atomic E-state index is 0. The molecule has 6 aliphatic heterocycles. The van der Waals surface area contributed by atoms with Gasteiger partial charge in [-0.1, -0.05) is 125 Å². The molecule has 3 radical (unpaired) electrons. The summed E-state index contributed by atoms with van der Waals surface area (Å²) >= 11 is 0. The van der Waals surface area contributed by atoms with E-state index in [0.717, 1.165) is 116 Å². The van der Waals surface area contributed by atoms with Gasteiger partial charge in [0, 0.05) is 92.6 Å². The van der Waals surface area contributed by atoms with Gasteiger partial charge < -0.3 is 71.7 Å². The van der Waals surface area contributed by atoms with E-state index >= 15 is 0 Å². The van der Waals surface area contributed by atoms with Crippen molar-refractivity contribution in [2.75, 3.05) is 47.6 Å². The smallest absolute Gasteiger partial charge is 0.306 e. The molecule has 749 valence electrons. The first-order chi connectivity index (χ1) is 64.5. The summed E-state index contributed by atoms with van der Waals surface area (Å²) in [6.45, 7) is 15.6. The first-order valence-corrected chi connectivity index (χ1v) is 48.8. The molecule has 27 nitrogen and oxygen atoms in total. The van der Waals surface area contributed by atoms with Gasteiger partial charge in [0.1, 0.15) is 71.0 Å². The molecule has 6 aromatic rings. The normalized spacial score (nSPS) is 30.5. The summed E-state index contributed by atoms with van der Waals surface area (Å²) in [5.41, 5.74) is 3.53. The van der Waals surface area contributed by atoms with E-state index in [-0.39, 0.29) is 131 Å². The number of aryl methyl sites for hydroxylation is 3. The number of ether oxygens (including phenoxy) is 9. The molecule has 8 fully saturated rings. The van der Waals surface area contributed by atoms with Gasteiger partial charge >= 0.3 is 17.9 Å². The molecule has 11 aliphatic rings. The molecular formula is C103H131F5N9O18V3-3. The predicted molar refractivity (Wildman–Crippen MR) is 488 cm³/mol. The van der Waals surface area contributed by atoms with E-state index in [9.17, 15) is 65.1 Å². The van der Waals surface area contributed by atoms with Crippen molar-refractivity contribution in [2.45, 2.75) is 303 Å². The number of hydrogen-bond donors (Lipinski definition) is 0. The number of fused-ring (bicyclic) bond motifs is 21. The number of rotatable bonds is 11. The Labute approximate surface area is 840 Å². The molecule has 0 spiro atoms. The van der Waals surface area contributed by atoms with Crippen LogP contribution in [0.15, 0.2) is 54.6 Å². The van der Waals surface area contributed by atoms with Crippen molar-refractivity contribution >= 4 is 87.6 Å². The van der Waals surface area contributed by atoms with Crippen LogP contribution in [0.4, 0.5) is 22.0 Å². The Balaban J connectivity index is 0.000000184. The molecule has 138 heavy (non-hydrogen) atoms. The van der Waals surface area contributed by atoms with Crippen LogP contribution < -0.4 is 28.4 Å². The summed E-state index contributed by atoms with van der Waals surface area (Å²) in [6, 6.07) is 12.5. The Kier molecular flexibility index (Phi) is 36.8. The maximum atomic E-state index is 14.5. The van der Waals surface area contributed by atoms with Gasteiger partial charge in [-0.2, -0.15) is 0 Å². The number of halogens is 5. The predicted octanol–water partition coefficient (Wildman–Crippen LogP) is 16.6. The second kappa shape index (κ2) is 46.8. The quantitative estimate of drug-likeness (QED) is 0.0503. The maximum Gasteiger partial charge on any atom is 0.306 e. The first kappa shape index (κ1) is 109. The van der Waals surface area contributed by atoms with Crippen LogP contribution >= 0.6 is 0 Å². The van der Waals surface area contributed by atoms with Crippen LogP contribution in [0.1, 0.15) is 233 Å². The summed E-state index contributed by atoms with van der Waals surface area (Å²) in [7, 11) is 4.68. The van der Waals surface area contributed by atoms with Gasteiger partial charge in [0.2, 0.25) is 48.2 Å². The maximum absolute atomic E-state index is 14.5. The standard InChI is InChI=1S/C36H46F2N3O6.C35H44F2N3O6.C32H41FN3O6.3V/c1-36(2,3)25-17-32(43)47-33-21-11-10-20(14-21)23(33)8-6-5-7-9-27-34(40-28-15-22(45-4)12-13-26(28)39-27)46-30-18-41(35(25)44)29(19-42)24(30)16-31(37)38;1-35(2,3)24-16-32(42)45-29-13-19-12-22(19)21(29)8-6-5-7-9-26-33(39-27-14-20(44-4)10-11-25(27)38-26)46-30-17-40(34(24)43)28(18-41)23(30)15-31(36)37;1-32(2,3)22-15-29(38)41-27-13-19(27)9-7-5-6-8-10-24-30(35-25-14-20(40-4)11-12-23(25)34-24)42-28-17-36(31(22)39)26(18-37)21(28)16-33;;;/h12-13,15,20-21,23-25,29-31,33H,5-11,14,16-18H2,1-4H3;10-11,14,19,21-24,28-31H,5-9,12-13,15-17H2,1-4H3;11-12,14,19,21-22,26-28H,5-10,13,15-17H2,1-4H3;;;/q3*-1;;;/t20-,21+,23-,24+,25-,29-,30+,33-;19?,21-,22?,23+,24-,28-,29-,30+;19-,21+,22-,26-,27-,28+;;;/m111.../s1. The van der Waals surface area contributed by atoms with Gasteiger partial charge in [0.15, 0.2) is 0 Å². The summed E-state index contributed by atoms with van der Waals surface area (Å²) < 4.78 is 124. The SMILES string of the molecule is COc1ccc2nc3c(nc2c1)O[C@H]1CN(C(=O)[C@H](C(C)(C)C)CC(=O)O[C@@H]2CC4CC4[C@H]2CCCCC3)[C@H]([C-]=O)[C@@H]1CC(F)F.COc1ccc2nc3c(nc2c1)O[C@H]1CN(C(=O)[C@H](C(C)(C)C)CC(=O)O[C@@H]2C[C@H]2CCCCCC3)[C@H]([C-]=O)[C@@H]1CF.COc1ccc2nc3c(nc2c1)O[C@H]1CN(C(=O)[C@H](C(C)(C)C)CC(=O)O[C@@H]2[C@H]4CC[C@H](C4)[C@H]2CCCCC3)[C@H]([C-]=O)[C@@H]1CC(F)F.[V].[V].[V]. The largest absolute Gasteiger partial charge is 0.540 e. The molecule has 17 rings (SSSR count). The third-order valence-corrected chi connectivity index (χ3v) is 30.6. The number of nitrogens with zero attached hydrogens (tertiary/aromatic N) is 9. The van der Waals surface area contributed by atoms with Gasteiger partial charge in [0.25, 0.3) is 0 Å². The summed E-state index contributed by atoms with van der Waals surface area (Å²) in [6.07, 6.45) is 15.5. The molecule has 3 amide bonds. The molecular weight excluding hydrogens is 1900 g/mol. The Bertz CT molecular complexity index is 5290. The van der Waals surface area contributed by atoms with Crippen LogP contribution in [0.2, 0.25) is 0 Å². The van der Waals surface area contributed by atoms with Gasteiger partial charge in [-0.15, -0.1) is 0 Å². The minimum atomic E-state index is -2.74. The summed E-state index contributed by atoms with van der Waals surface area (Å²) in [5, 5.41) is 0. The monoisotopic (exact) mass is 2030 g/mol. The number of carbonyl (C=O) groups excluding carboxylic acids is 9. The number of amides is 3. The molecule has 35 heteroatoms. The Morgan fingerprint density at radius 1 is 0.377 bits per heavy atom. The van der Waals surface area contributed by atoms with Crippen LogP contribution in [-0.4, -0.2) is 214 Å².